The van der Waals surface area contributed by atoms with Gasteiger partial charge in [-0.1, -0.05) is 0 Å². The highest BCUT2D eigenvalue weighted by molar-refractivity contribution is 8.18. The van der Waals surface area contributed by atoms with Crippen molar-refractivity contribution in [1.29, 1.82) is 0 Å². The Morgan fingerprint density at radius 3 is 2.65 bits per heavy atom. The number of hydrogen-bond acceptors (Lipinski definition) is 5. The number of thioether (sulfide) groups is 1. The van der Waals surface area contributed by atoms with Crippen molar-refractivity contribution in [2.24, 2.45) is 0 Å². The summed E-state index contributed by atoms with van der Waals surface area (Å²) in [6.07, 6.45) is 3.57. The zero-order valence-electron chi connectivity index (χ0n) is 13.7. The Balaban J connectivity index is 2.13. The summed E-state index contributed by atoms with van der Waals surface area (Å²) < 4.78 is 7.12. The van der Waals surface area contributed by atoms with E-state index in [9.17, 15) is 14.4 Å². The number of esters is 1. The fourth-order valence-corrected chi connectivity index (χ4v) is 2.94. The van der Waals surface area contributed by atoms with Gasteiger partial charge in [0.05, 0.1) is 4.91 Å². The lowest BCUT2D eigenvalue weighted by atomic mass is 10.2. The van der Waals surface area contributed by atoms with Crippen LogP contribution in [-0.4, -0.2) is 38.7 Å². The lowest BCUT2D eigenvalue weighted by Gasteiger charge is -2.21. The summed E-state index contributed by atoms with van der Waals surface area (Å²) in [7, 11) is 0. The number of hydrogen-bond donors (Lipinski definition) is 0. The van der Waals surface area contributed by atoms with Crippen LogP contribution < -0.4 is 0 Å². The van der Waals surface area contributed by atoms with Gasteiger partial charge in [0.15, 0.2) is 0 Å². The molecule has 7 heteroatoms. The molecule has 2 heterocycles. The molecule has 0 unspecified atom stereocenters. The summed E-state index contributed by atoms with van der Waals surface area (Å²) >= 11 is 0.837. The molecule has 0 radical (unpaired) electrons. The molecule has 1 aliphatic rings. The highest BCUT2D eigenvalue weighted by Gasteiger charge is 2.37. The van der Waals surface area contributed by atoms with Gasteiger partial charge in [0.2, 0.25) is 0 Å². The average Bonchev–Trinajstić information content (AvgIpc) is 2.97. The number of carbonyl (C=O) groups is 3. The minimum Gasteiger partial charge on any atom is -0.459 e. The Hall–Kier alpha value is -2.02. The van der Waals surface area contributed by atoms with Crippen LogP contribution in [-0.2, 0) is 20.9 Å². The summed E-state index contributed by atoms with van der Waals surface area (Å²) in [6.45, 7) is 7.59. The first-order valence-electron chi connectivity index (χ1n) is 7.33. The number of ether oxygens (including phenoxy) is 1. The van der Waals surface area contributed by atoms with Gasteiger partial charge in [0, 0.05) is 18.4 Å². The van der Waals surface area contributed by atoms with E-state index in [4.69, 9.17) is 4.74 Å². The van der Waals surface area contributed by atoms with E-state index in [0.717, 1.165) is 28.9 Å². The Morgan fingerprint density at radius 2 is 2.04 bits per heavy atom. The van der Waals surface area contributed by atoms with E-state index in [-0.39, 0.29) is 6.54 Å². The molecular weight excluding hydrogens is 316 g/mol. The Kier molecular flexibility index (Phi) is 4.99. The molecule has 6 nitrogen and oxygen atoms in total. The second-order valence-corrected chi connectivity index (χ2v) is 7.07. The molecule has 1 aromatic heterocycles. The molecule has 23 heavy (non-hydrogen) atoms. The predicted octanol–water partition coefficient (Wildman–Crippen LogP) is 2.89. The third kappa shape index (κ3) is 4.25. The van der Waals surface area contributed by atoms with Crippen LogP contribution in [0, 0.1) is 0 Å². The van der Waals surface area contributed by atoms with Crippen LogP contribution in [0.3, 0.4) is 0 Å². The predicted molar refractivity (Wildman–Crippen MR) is 88.6 cm³/mol. The zero-order valence-corrected chi connectivity index (χ0v) is 14.5. The topological polar surface area (TPSA) is 68.6 Å². The highest BCUT2D eigenvalue weighted by atomic mass is 32.2. The molecule has 2 amide bonds. The van der Waals surface area contributed by atoms with Crippen molar-refractivity contribution in [1.82, 2.24) is 9.47 Å². The first kappa shape index (κ1) is 17.3. The third-order valence-electron chi connectivity index (χ3n) is 3.07. The first-order valence-corrected chi connectivity index (χ1v) is 8.15. The van der Waals surface area contributed by atoms with Gasteiger partial charge in [-0.3, -0.25) is 19.3 Å². The number of amides is 2. The Morgan fingerprint density at radius 1 is 1.35 bits per heavy atom. The van der Waals surface area contributed by atoms with Crippen molar-refractivity contribution in [2.45, 2.75) is 39.8 Å². The molecule has 1 aromatic rings. The van der Waals surface area contributed by atoms with Crippen molar-refractivity contribution in [3.05, 3.63) is 28.9 Å². The summed E-state index contributed by atoms with van der Waals surface area (Å²) in [4.78, 5) is 37.4. The van der Waals surface area contributed by atoms with Crippen LogP contribution >= 0.6 is 11.8 Å². The SMILES string of the molecule is CCn1cccc1C=C1SC(=O)N(CC(=O)OC(C)(C)C)C1=O. The third-order valence-corrected chi connectivity index (χ3v) is 3.97. The van der Waals surface area contributed by atoms with Gasteiger partial charge >= 0.3 is 5.97 Å². The number of aryl methyl sites for hydroxylation is 1. The van der Waals surface area contributed by atoms with Crippen molar-refractivity contribution in [2.75, 3.05) is 6.54 Å². The molecule has 0 spiro atoms. The Labute approximate surface area is 139 Å². The van der Waals surface area contributed by atoms with E-state index in [1.54, 1.807) is 26.8 Å². The largest absolute Gasteiger partial charge is 0.459 e. The van der Waals surface area contributed by atoms with Gasteiger partial charge in [-0.15, -0.1) is 0 Å². The Bertz CT molecular complexity index is 670. The molecule has 1 aliphatic heterocycles. The van der Waals surface area contributed by atoms with Gasteiger partial charge in [-0.05, 0) is 57.7 Å². The summed E-state index contributed by atoms with van der Waals surface area (Å²) in [5.41, 5.74) is 0.187. The minimum atomic E-state index is -0.656. The molecule has 0 N–H and O–H groups in total. The van der Waals surface area contributed by atoms with Gasteiger partial charge < -0.3 is 9.30 Å². The highest BCUT2D eigenvalue weighted by Crippen LogP contribution is 2.32. The second kappa shape index (κ2) is 6.62. The van der Waals surface area contributed by atoms with Crippen molar-refractivity contribution in [3.63, 3.8) is 0 Å². The molecule has 0 aromatic carbocycles. The molecule has 1 fully saturated rings. The van der Waals surface area contributed by atoms with E-state index >= 15 is 0 Å². The molecule has 0 bridgehead atoms. The van der Waals surface area contributed by atoms with Crippen LogP contribution in [0.4, 0.5) is 4.79 Å². The molecule has 124 valence electrons. The lowest BCUT2D eigenvalue weighted by molar-refractivity contribution is -0.156. The van der Waals surface area contributed by atoms with Crippen molar-refractivity contribution < 1.29 is 19.1 Å². The number of imide groups is 1. The smallest absolute Gasteiger partial charge is 0.326 e. The van der Waals surface area contributed by atoms with Crippen molar-refractivity contribution >= 4 is 35.0 Å². The van der Waals surface area contributed by atoms with Crippen LogP contribution in [0.25, 0.3) is 6.08 Å². The second-order valence-electron chi connectivity index (χ2n) is 6.07. The zero-order chi connectivity index (χ0) is 17.2. The van der Waals surface area contributed by atoms with Crippen LogP contribution in [0.5, 0.6) is 0 Å². The summed E-state index contributed by atoms with van der Waals surface area (Å²) in [5.74, 6) is -1.06. The maximum absolute atomic E-state index is 12.3. The number of rotatable bonds is 4. The molecule has 0 aliphatic carbocycles. The van der Waals surface area contributed by atoms with Crippen molar-refractivity contribution in [3.8, 4) is 0 Å². The summed E-state index contributed by atoms with van der Waals surface area (Å²) in [6, 6.07) is 3.74. The molecule has 0 atom stereocenters. The maximum Gasteiger partial charge on any atom is 0.326 e. The number of aromatic nitrogens is 1. The monoisotopic (exact) mass is 336 g/mol. The lowest BCUT2D eigenvalue weighted by Crippen LogP contribution is -2.37. The average molecular weight is 336 g/mol. The fraction of sp³-hybridized carbons (Fsp3) is 0.438. The molecular formula is C16H20N2O4S. The quantitative estimate of drug-likeness (QED) is 0.625. The van der Waals surface area contributed by atoms with Crippen LogP contribution in [0.1, 0.15) is 33.4 Å². The van der Waals surface area contributed by atoms with Gasteiger partial charge in [0.1, 0.15) is 12.1 Å². The maximum atomic E-state index is 12.3. The van der Waals surface area contributed by atoms with Gasteiger partial charge in [-0.2, -0.15) is 0 Å². The van der Waals surface area contributed by atoms with E-state index < -0.39 is 22.7 Å². The normalized spacial score (nSPS) is 17.2. The summed E-state index contributed by atoms with van der Waals surface area (Å²) in [5, 5.41) is -0.457. The van der Waals surface area contributed by atoms with Gasteiger partial charge in [0.25, 0.3) is 11.1 Å². The van der Waals surface area contributed by atoms with E-state index in [1.165, 1.54) is 0 Å². The van der Waals surface area contributed by atoms with Crippen LogP contribution in [0.2, 0.25) is 0 Å². The standard InChI is InChI=1S/C16H20N2O4S/c1-5-17-8-6-7-11(17)9-12-14(20)18(15(21)23-12)10-13(19)22-16(2,3)4/h6-9H,5,10H2,1-4H3. The van der Waals surface area contributed by atoms with E-state index in [0.29, 0.717) is 4.91 Å². The van der Waals surface area contributed by atoms with Gasteiger partial charge in [-0.25, -0.2) is 0 Å². The molecule has 2 rings (SSSR count). The minimum absolute atomic E-state index is 0.312. The number of nitrogens with zero attached hydrogens (tertiary/aromatic N) is 2. The first-order chi connectivity index (χ1) is 10.7. The van der Waals surface area contributed by atoms with E-state index in [2.05, 4.69) is 0 Å². The number of carbonyl (C=O) groups excluding carboxylic acids is 3. The van der Waals surface area contributed by atoms with Crippen LogP contribution in [0.15, 0.2) is 23.2 Å². The molecule has 0 saturated carbocycles. The fourth-order valence-electron chi connectivity index (χ4n) is 2.12. The molecule has 1 saturated heterocycles. The van der Waals surface area contributed by atoms with E-state index in [1.807, 2.05) is 29.8 Å².